The summed E-state index contributed by atoms with van der Waals surface area (Å²) in [6.07, 6.45) is 5.45. The van der Waals surface area contributed by atoms with E-state index in [9.17, 15) is 14.4 Å². The van der Waals surface area contributed by atoms with Gasteiger partial charge in [-0.1, -0.05) is 18.5 Å². The molecule has 8 nitrogen and oxygen atoms in total. The van der Waals surface area contributed by atoms with Gasteiger partial charge in [-0.15, -0.1) is 0 Å². The molecule has 0 radical (unpaired) electrons. The van der Waals surface area contributed by atoms with Crippen molar-refractivity contribution in [2.45, 2.75) is 39.2 Å². The number of nitrogens with one attached hydrogen (secondary N) is 1. The fourth-order valence-corrected chi connectivity index (χ4v) is 4.81. The smallest absolute Gasteiger partial charge is 0.327 e. The number of carbonyl (C=O) groups is 2. The number of hydrogen-bond donors (Lipinski definition) is 1. The highest BCUT2D eigenvalue weighted by atomic mass is 35.5. The van der Waals surface area contributed by atoms with Crippen molar-refractivity contribution in [3.63, 3.8) is 0 Å². The lowest BCUT2D eigenvalue weighted by Gasteiger charge is -2.18. The van der Waals surface area contributed by atoms with E-state index in [1.165, 1.54) is 9.58 Å². The zero-order valence-electron chi connectivity index (χ0n) is 19.6. The third kappa shape index (κ3) is 4.13. The zero-order valence-corrected chi connectivity index (χ0v) is 20.3. The second-order valence-corrected chi connectivity index (χ2v) is 9.24. The van der Waals surface area contributed by atoms with Gasteiger partial charge in [-0.05, 0) is 56.5 Å². The summed E-state index contributed by atoms with van der Waals surface area (Å²) < 4.78 is 8.72. The van der Waals surface area contributed by atoms with Gasteiger partial charge in [0.05, 0.1) is 23.9 Å². The maximum absolute atomic E-state index is 13.8. The van der Waals surface area contributed by atoms with E-state index in [0.717, 1.165) is 18.4 Å². The molecule has 2 aromatic heterocycles. The molecule has 2 aliphatic heterocycles. The lowest BCUT2D eigenvalue weighted by atomic mass is 10.0. The van der Waals surface area contributed by atoms with Crippen LogP contribution in [0.3, 0.4) is 0 Å². The van der Waals surface area contributed by atoms with Gasteiger partial charge in [0.1, 0.15) is 5.57 Å². The lowest BCUT2D eigenvalue weighted by Crippen LogP contribution is -2.42. The summed E-state index contributed by atoms with van der Waals surface area (Å²) in [6.45, 7) is 4.58. The Morgan fingerprint density at radius 2 is 1.91 bits per heavy atom. The molecule has 1 atom stereocenters. The molecule has 3 aromatic rings. The van der Waals surface area contributed by atoms with Crippen LogP contribution in [0.4, 0.5) is 0 Å². The van der Waals surface area contributed by atoms with Crippen molar-refractivity contribution < 1.29 is 18.9 Å². The number of hydrogen-bond acceptors (Lipinski definition) is 4. The second-order valence-electron chi connectivity index (χ2n) is 8.80. The Kier molecular flexibility index (Phi) is 6.17. The van der Waals surface area contributed by atoms with Gasteiger partial charge in [0, 0.05) is 29.0 Å². The van der Waals surface area contributed by atoms with Gasteiger partial charge in [0.25, 0.3) is 17.2 Å². The molecule has 0 unspecified atom stereocenters. The molecule has 0 saturated carbocycles. The Morgan fingerprint density at radius 3 is 2.57 bits per heavy atom. The SMILES string of the molecule is CCc1[nH]n(-c2ccc(Cl)cc2)c(=O)c1C1=C([n+]2cccc(C)c2)C(=O)N(C[C@H]2CCCO2)C1=O. The third-order valence-electron chi connectivity index (χ3n) is 6.41. The van der Waals surface area contributed by atoms with E-state index in [1.807, 2.05) is 26.0 Å². The summed E-state index contributed by atoms with van der Waals surface area (Å²) in [6, 6.07) is 10.5. The number of ether oxygens (including phenoxy) is 1. The van der Waals surface area contributed by atoms with Crippen molar-refractivity contribution >= 4 is 34.7 Å². The van der Waals surface area contributed by atoms with E-state index in [1.54, 1.807) is 41.2 Å². The summed E-state index contributed by atoms with van der Waals surface area (Å²) in [4.78, 5) is 42.4. The van der Waals surface area contributed by atoms with Crippen LogP contribution in [0.2, 0.25) is 5.02 Å². The molecule has 2 amide bonds. The van der Waals surface area contributed by atoms with E-state index in [2.05, 4.69) is 5.10 Å². The van der Waals surface area contributed by atoms with Crippen LogP contribution in [0.25, 0.3) is 17.0 Å². The molecule has 1 saturated heterocycles. The number of nitrogens with zero attached hydrogens (tertiary/aromatic N) is 3. The number of aromatic amines is 1. The largest absolute Gasteiger partial charge is 0.376 e. The van der Waals surface area contributed by atoms with Gasteiger partial charge in [-0.3, -0.25) is 24.4 Å². The Labute approximate surface area is 207 Å². The fraction of sp³-hybridized carbons (Fsp3) is 0.308. The fourth-order valence-electron chi connectivity index (χ4n) is 4.69. The highest BCUT2D eigenvalue weighted by Crippen LogP contribution is 2.31. The molecule has 1 fully saturated rings. The molecule has 1 aromatic carbocycles. The predicted octanol–water partition coefficient (Wildman–Crippen LogP) is 2.89. The third-order valence-corrected chi connectivity index (χ3v) is 6.67. The summed E-state index contributed by atoms with van der Waals surface area (Å²) in [7, 11) is 0. The number of aromatic nitrogens is 3. The molecule has 0 spiro atoms. The molecular formula is C26H26ClN4O4+. The Hall–Kier alpha value is -3.49. The van der Waals surface area contributed by atoms with Gasteiger partial charge >= 0.3 is 5.91 Å². The number of aryl methyl sites for hydroxylation is 2. The monoisotopic (exact) mass is 493 g/mol. The minimum absolute atomic E-state index is 0.106. The van der Waals surface area contributed by atoms with Crippen molar-refractivity contribution in [3.05, 3.63) is 81.0 Å². The number of halogens is 1. The van der Waals surface area contributed by atoms with E-state index in [-0.39, 0.29) is 29.5 Å². The summed E-state index contributed by atoms with van der Waals surface area (Å²) in [5.74, 6) is -0.916. The minimum Gasteiger partial charge on any atom is -0.376 e. The van der Waals surface area contributed by atoms with Crippen molar-refractivity contribution in [1.82, 2.24) is 14.7 Å². The van der Waals surface area contributed by atoms with Gasteiger partial charge in [0.2, 0.25) is 0 Å². The van der Waals surface area contributed by atoms with Gasteiger partial charge in [-0.2, -0.15) is 4.57 Å². The van der Waals surface area contributed by atoms with E-state index in [4.69, 9.17) is 16.3 Å². The number of benzene rings is 1. The molecule has 180 valence electrons. The number of rotatable bonds is 6. The number of amides is 2. The normalized spacial score (nSPS) is 18.3. The number of H-pyrrole nitrogens is 1. The number of carbonyl (C=O) groups excluding carboxylic acids is 2. The summed E-state index contributed by atoms with van der Waals surface area (Å²) >= 11 is 6.02. The number of pyridine rings is 1. The van der Waals surface area contributed by atoms with E-state index >= 15 is 0 Å². The molecule has 9 heteroatoms. The number of imide groups is 1. The molecule has 0 bridgehead atoms. The average Bonchev–Trinajstić information content (AvgIpc) is 3.53. The molecule has 35 heavy (non-hydrogen) atoms. The molecule has 0 aliphatic carbocycles. The van der Waals surface area contributed by atoms with Gasteiger partial charge < -0.3 is 4.74 Å². The quantitative estimate of drug-likeness (QED) is 0.422. The zero-order chi connectivity index (χ0) is 24.7. The highest BCUT2D eigenvalue weighted by Gasteiger charge is 2.48. The first-order chi connectivity index (χ1) is 16.9. The van der Waals surface area contributed by atoms with Crippen LogP contribution in [0, 0.1) is 6.92 Å². The van der Waals surface area contributed by atoms with Crippen molar-refractivity contribution in [3.8, 4) is 5.69 Å². The van der Waals surface area contributed by atoms with Crippen molar-refractivity contribution in [2.75, 3.05) is 13.2 Å². The van der Waals surface area contributed by atoms with E-state index in [0.29, 0.717) is 29.4 Å². The van der Waals surface area contributed by atoms with Crippen LogP contribution < -0.4 is 10.1 Å². The van der Waals surface area contributed by atoms with Crippen molar-refractivity contribution in [2.24, 2.45) is 0 Å². The van der Waals surface area contributed by atoms with E-state index < -0.39 is 17.4 Å². The summed E-state index contributed by atoms with van der Waals surface area (Å²) in [5, 5.41) is 3.68. The molecule has 2 aliphatic rings. The minimum atomic E-state index is -0.483. The van der Waals surface area contributed by atoms with Gasteiger partial charge in [-0.25, -0.2) is 4.68 Å². The van der Waals surface area contributed by atoms with Crippen LogP contribution in [0.15, 0.2) is 53.6 Å². The standard InChI is InChI=1S/C26H25ClN4O4/c1-3-20-21(25(33)31(28-20)18-10-8-17(27)9-11-18)22-23(29-12-4-6-16(2)14-29)26(34)30(24(22)32)15-19-7-5-13-35-19/h4,6,8-12,14,19H,3,5,7,13,15H2,1-2H3/p+1/t19-/m1/s1. The molecule has 4 heterocycles. The maximum atomic E-state index is 13.8. The topological polar surface area (TPSA) is 88.3 Å². The van der Waals surface area contributed by atoms with Crippen LogP contribution in [-0.4, -0.2) is 45.8 Å². The lowest BCUT2D eigenvalue weighted by molar-refractivity contribution is -0.577. The van der Waals surface area contributed by atoms with Crippen LogP contribution >= 0.6 is 11.6 Å². The first-order valence-corrected chi connectivity index (χ1v) is 12.1. The van der Waals surface area contributed by atoms with Crippen LogP contribution in [0.5, 0.6) is 0 Å². The average molecular weight is 494 g/mol. The summed E-state index contributed by atoms with van der Waals surface area (Å²) in [5.41, 5.74) is 2.16. The Bertz CT molecular complexity index is 1400. The van der Waals surface area contributed by atoms with Crippen LogP contribution in [-0.2, 0) is 20.7 Å². The molecule has 5 rings (SSSR count). The van der Waals surface area contributed by atoms with Crippen LogP contribution in [0.1, 0.15) is 36.6 Å². The van der Waals surface area contributed by atoms with Crippen molar-refractivity contribution in [1.29, 1.82) is 0 Å². The van der Waals surface area contributed by atoms with Gasteiger partial charge in [0.15, 0.2) is 12.4 Å². The first-order valence-electron chi connectivity index (χ1n) is 11.7. The predicted molar refractivity (Wildman–Crippen MR) is 131 cm³/mol. The first kappa shape index (κ1) is 23.3. The molecular weight excluding hydrogens is 468 g/mol. The highest BCUT2D eigenvalue weighted by molar-refractivity contribution is 6.44. The Balaban J connectivity index is 1.70. The Morgan fingerprint density at radius 1 is 1.14 bits per heavy atom. The second kappa shape index (κ2) is 9.28. The maximum Gasteiger partial charge on any atom is 0.327 e. The molecule has 1 N–H and O–H groups in total.